The molecule has 0 heterocycles. The Balaban J connectivity index is 1.66. The predicted molar refractivity (Wildman–Crippen MR) is 154 cm³/mol. The molecule has 0 aromatic heterocycles. The lowest BCUT2D eigenvalue weighted by Gasteiger charge is -2.32. The highest BCUT2D eigenvalue weighted by molar-refractivity contribution is 7.92. The van der Waals surface area contributed by atoms with E-state index in [1.54, 1.807) is 61.5 Å². The second-order valence-electron chi connectivity index (χ2n) is 9.62. The first-order valence-electron chi connectivity index (χ1n) is 12.8. The summed E-state index contributed by atoms with van der Waals surface area (Å²) in [6.07, 6.45) is 3.93. The molecule has 2 amide bonds. The average molecular weight is 589 g/mol. The summed E-state index contributed by atoms with van der Waals surface area (Å²) in [6, 6.07) is 20.4. The Bertz CT molecular complexity index is 1380. The topological polar surface area (TPSA) is 86.8 Å². The molecule has 1 fully saturated rings. The van der Waals surface area contributed by atoms with Gasteiger partial charge in [0.05, 0.1) is 10.6 Å². The van der Waals surface area contributed by atoms with E-state index in [-0.39, 0.29) is 23.4 Å². The van der Waals surface area contributed by atoms with Crippen molar-refractivity contribution in [2.24, 2.45) is 0 Å². The van der Waals surface area contributed by atoms with E-state index in [0.717, 1.165) is 35.6 Å². The number of rotatable bonds is 10. The van der Waals surface area contributed by atoms with Crippen LogP contribution in [0.1, 0.15) is 38.2 Å². The van der Waals surface area contributed by atoms with Crippen molar-refractivity contribution in [2.75, 3.05) is 10.8 Å². The summed E-state index contributed by atoms with van der Waals surface area (Å²) in [4.78, 5) is 28.5. The number of carbonyl (C=O) groups is 2. The van der Waals surface area contributed by atoms with E-state index in [1.165, 1.54) is 29.2 Å². The number of nitrogens with one attached hydrogen (secondary N) is 1. The normalized spacial score (nSPS) is 14.5. The van der Waals surface area contributed by atoms with Crippen LogP contribution in [0.2, 0.25) is 10.0 Å². The molecule has 0 aliphatic heterocycles. The molecule has 1 N–H and O–H groups in total. The lowest BCUT2D eigenvalue weighted by molar-refractivity contribution is -0.139. The van der Waals surface area contributed by atoms with E-state index in [9.17, 15) is 18.0 Å². The average Bonchev–Trinajstić information content (AvgIpc) is 3.44. The molecule has 39 heavy (non-hydrogen) atoms. The Morgan fingerprint density at radius 1 is 0.897 bits per heavy atom. The molecule has 0 radical (unpaired) electrons. The maximum atomic E-state index is 13.9. The Morgan fingerprint density at radius 3 is 2.05 bits per heavy atom. The molecule has 1 aliphatic rings. The summed E-state index contributed by atoms with van der Waals surface area (Å²) in [7, 11) is -4.13. The van der Waals surface area contributed by atoms with E-state index >= 15 is 0 Å². The second kappa shape index (κ2) is 12.9. The van der Waals surface area contributed by atoms with E-state index < -0.39 is 28.5 Å². The van der Waals surface area contributed by atoms with Gasteiger partial charge in [-0.05, 0) is 73.9 Å². The number of sulfonamides is 1. The molecule has 10 heteroatoms. The molecule has 1 atom stereocenters. The van der Waals surface area contributed by atoms with E-state index in [2.05, 4.69) is 5.32 Å². The highest BCUT2D eigenvalue weighted by atomic mass is 35.5. The van der Waals surface area contributed by atoms with Crippen LogP contribution in [0.25, 0.3) is 0 Å². The predicted octanol–water partition coefficient (Wildman–Crippen LogP) is 5.66. The SMILES string of the molecule is C[C@@H](C(=O)NC1CCCC1)N(Cc1ccc(Cl)cc1)C(=O)CN(c1ccccc1)S(=O)(=O)c1ccc(Cl)cc1. The molecule has 0 unspecified atom stereocenters. The van der Waals surface area contributed by atoms with Crippen molar-refractivity contribution < 1.29 is 18.0 Å². The smallest absolute Gasteiger partial charge is 0.264 e. The first kappa shape index (κ1) is 28.9. The molecule has 206 valence electrons. The van der Waals surface area contributed by atoms with Crippen LogP contribution in [0.15, 0.2) is 83.8 Å². The van der Waals surface area contributed by atoms with Gasteiger partial charge < -0.3 is 10.2 Å². The lowest BCUT2D eigenvalue weighted by Crippen LogP contribution is -2.52. The summed E-state index contributed by atoms with van der Waals surface area (Å²) >= 11 is 12.0. The zero-order valence-electron chi connectivity index (χ0n) is 21.6. The third-order valence-corrected chi connectivity index (χ3v) is 9.15. The minimum absolute atomic E-state index is 0.000158. The van der Waals surface area contributed by atoms with Crippen molar-refractivity contribution in [3.8, 4) is 0 Å². The molecule has 0 bridgehead atoms. The van der Waals surface area contributed by atoms with E-state index in [0.29, 0.717) is 15.7 Å². The summed E-state index contributed by atoms with van der Waals surface area (Å²) in [5.74, 6) is -0.781. The van der Waals surface area contributed by atoms with Crippen LogP contribution in [-0.4, -0.2) is 43.8 Å². The number of amides is 2. The van der Waals surface area contributed by atoms with Gasteiger partial charge in [0.25, 0.3) is 10.0 Å². The van der Waals surface area contributed by atoms with Gasteiger partial charge in [0, 0.05) is 22.6 Å². The Labute approximate surface area is 239 Å². The van der Waals surface area contributed by atoms with Crippen molar-refractivity contribution in [1.82, 2.24) is 10.2 Å². The summed E-state index contributed by atoms with van der Waals surface area (Å²) in [6.45, 7) is 1.28. The Hall–Kier alpha value is -3.07. The van der Waals surface area contributed by atoms with Crippen molar-refractivity contribution >= 4 is 50.7 Å². The second-order valence-corrected chi connectivity index (χ2v) is 12.4. The number of nitrogens with zero attached hydrogens (tertiary/aromatic N) is 2. The molecule has 3 aromatic rings. The standard InChI is InChI=1S/C29H31Cl2N3O4S/c1-21(29(36)32-25-7-5-6-8-25)33(19-22-11-13-23(30)14-12-22)28(35)20-34(26-9-3-2-4-10-26)39(37,38)27-17-15-24(31)16-18-27/h2-4,9-18,21,25H,5-8,19-20H2,1H3,(H,32,36)/t21-/m0/s1. The van der Waals surface area contributed by atoms with Gasteiger partial charge in [-0.15, -0.1) is 0 Å². The molecule has 4 rings (SSSR count). The third kappa shape index (κ3) is 7.32. The first-order chi connectivity index (χ1) is 18.6. The van der Waals surface area contributed by atoms with Gasteiger partial charge in [0.1, 0.15) is 12.6 Å². The van der Waals surface area contributed by atoms with Gasteiger partial charge in [0.2, 0.25) is 11.8 Å². The molecule has 1 saturated carbocycles. The maximum absolute atomic E-state index is 13.9. The van der Waals surface area contributed by atoms with E-state index in [1.807, 2.05) is 0 Å². The zero-order chi connectivity index (χ0) is 28.0. The number of carbonyl (C=O) groups excluding carboxylic acids is 2. The van der Waals surface area contributed by atoms with Crippen LogP contribution in [-0.2, 0) is 26.2 Å². The van der Waals surface area contributed by atoms with Crippen LogP contribution in [0.3, 0.4) is 0 Å². The summed E-state index contributed by atoms with van der Waals surface area (Å²) in [5, 5.41) is 4.00. The number of para-hydroxylation sites is 1. The quantitative estimate of drug-likeness (QED) is 0.331. The fourth-order valence-electron chi connectivity index (χ4n) is 4.62. The van der Waals surface area contributed by atoms with Gasteiger partial charge in [-0.3, -0.25) is 13.9 Å². The van der Waals surface area contributed by atoms with Gasteiger partial charge in [0.15, 0.2) is 0 Å². The highest BCUT2D eigenvalue weighted by Gasteiger charge is 2.33. The fraction of sp³-hybridized carbons (Fsp3) is 0.310. The molecule has 7 nitrogen and oxygen atoms in total. The molecule has 0 saturated heterocycles. The third-order valence-electron chi connectivity index (χ3n) is 6.86. The van der Waals surface area contributed by atoms with Crippen molar-refractivity contribution in [1.29, 1.82) is 0 Å². The van der Waals surface area contributed by atoms with Crippen molar-refractivity contribution in [2.45, 2.75) is 56.1 Å². The largest absolute Gasteiger partial charge is 0.352 e. The van der Waals surface area contributed by atoms with Gasteiger partial charge in [-0.2, -0.15) is 0 Å². The zero-order valence-corrected chi connectivity index (χ0v) is 23.9. The molecular formula is C29H31Cl2N3O4S. The Kier molecular flexibility index (Phi) is 9.53. The van der Waals surface area contributed by atoms with E-state index in [4.69, 9.17) is 23.2 Å². The van der Waals surface area contributed by atoms with Gasteiger partial charge >= 0.3 is 0 Å². The molecule has 3 aromatic carbocycles. The summed E-state index contributed by atoms with van der Waals surface area (Å²) < 4.78 is 28.6. The molecule has 0 spiro atoms. The van der Waals surface area contributed by atoms with Gasteiger partial charge in [-0.25, -0.2) is 8.42 Å². The maximum Gasteiger partial charge on any atom is 0.264 e. The van der Waals surface area contributed by atoms with Crippen molar-refractivity contribution in [3.05, 3.63) is 94.5 Å². The first-order valence-corrected chi connectivity index (χ1v) is 15.0. The van der Waals surface area contributed by atoms with Gasteiger partial charge in [-0.1, -0.05) is 66.4 Å². The van der Waals surface area contributed by atoms with Crippen LogP contribution in [0.4, 0.5) is 5.69 Å². The van der Waals surface area contributed by atoms with Crippen molar-refractivity contribution in [3.63, 3.8) is 0 Å². The minimum atomic E-state index is -4.13. The van der Waals surface area contributed by atoms with Crippen LogP contribution in [0.5, 0.6) is 0 Å². The minimum Gasteiger partial charge on any atom is -0.352 e. The lowest BCUT2D eigenvalue weighted by atomic mass is 10.1. The number of hydrogen-bond donors (Lipinski definition) is 1. The number of halogens is 2. The van der Waals surface area contributed by atoms with Crippen LogP contribution >= 0.6 is 23.2 Å². The highest BCUT2D eigenvalue weighted by Crippen LogP contribution is 2.26. The molecule has 1 aliphatic carbocycles. The number of anilines is 1. The summed E-state index contributed by atoms with van der Waals surface area (Å²) in [5.41, 5.74) is 1.09. The van der Waals surface area contributed by atoms with Crippen LogP contribution < -0.4 is 9.62 Å². The van der Waals surface area contributed by atoms with Crippen LogP contribution in [0, 0.1) is 0 Å². The monoisotopic (exact) mass is 587 g/mol. The fourth-order valence-corrected chi connectivity index (χ4v) is 6.28. The Morgan fingerprint density at radius 2 is 1.46 bits per heavy atom. The number of hydrogen-bond acceptors (Lipinski definition) is 4. The molecular weight excluding hydrogens is 557 g/mol. The number of benzene rings is 3.